The fourth-order valence-corrected chi connectivity index (χ4v) is 3.77. The molecule has 26 heavy (non-hydrogen) atoms. The number of nitrogens with zero attached hydrogens (tertiary/aromatic N) is 2. The molecule has 0 unspecified atom stereocenters. The maximum atomic E-state index is 12.1. The van der Waals surface area contributed by atoms with Gasteiger partial charge in [0.25, 0.3) is 0 Å². The summed E-state index contributed by atoms with van der Waals surface area (Å²) in [6.45, 7) is 4.18. The van der Waals surface area contributed by atoms with Crippen LogP contribution < -0.4 is 10.6 Å². The Morgan fingerprint density at radius 2 is 1.73 bits per heavy atom. The smallest absolute Gasteiger partial charge is 0.223 e. The third kappa shape index (κ3) is 8.41. The molecule has 1 aliphatic carbocycles. The van der Waals surface area contributed by atoms with Gasteiger partial charge in [-0.1, -0.05) is 19.3 Å². The number of guanidine groups is 1. The number of nitrogens with one attached hydrogen (secondary N) is 2. The standard InChI is InChI=1S/C19H36N4O2.HI/c1-20-19(23(2)13-8-16-9-14-25-15-10-16)22-12-11-21-18(24)17-6-4-3-5-7-17;/h16-17H,3-15H2,1-2H3,(H,20,22)(H,21,24);1H. The van der Waals surface area contributed by atoms with E-state index in [0.717, 1.165) is 44.5 Å². The van der Waals surface area contributed by atoms with E-state index in [1.807, 2.05) is 7.05 Å². The summed E-state index contributed by atoms with van der Waals surface area (Å²) in [5.74, 6) is 2.13. The number of ether oxygens (including phenoxy) is 1. The molecule has 152 valence electrons. The summed E-state index contributed by atoms with van der Waals surface area (Å²) in [7, 11) is 3.89. The first-order valence-corrected chi connectivity index (χ1v) is 9.98. The van der Waals surface area contributed by atoms with Crippen LogP contribution in [-0.4, -0.2) is 63.7 Å². The summed E-state index contributed by atoms with van der Waals surface area (Å²) in [6, 6.07) is 0. The van der Waals surface area contributed by atoms with Gasteiger partial charge >= 0.3 is 0 Å². The van der Waals surface area contributed by atoms with E-state index in [0.29, 0.717) is 13.1 Å². The first-order chi connectivity index (χ1) is 12.2. The highest BCUT2D eigenvalue weighted by Crippen LogP contribution is 2.23. The van der Waals surface area contributed by atoms with Crippen LogP contribution >= 0.6 is 24.0 Å². The van der Waals surface area contributed by atoms with Crippen LogP contribution in [0, 0.1) is 11.8 Å². The van der Waals surface area contributed by atoms with Crippen molar-refractivity contribution in [2.24, 2.45) is 16.8 Å². The third-order valence-electron chi connectivity index (χ3n) is 5.47. The SMILES string of the molecule is CN=C(NCCNC(=O)C1CCCCC1)N(C)CCC1CCOCC1.I. The van der Waals surface area contributed by atoms with Crippen molar-refractivity contribution in [1.29, 1.82) is 0 Å². The van der Waals surface area contributed by atoms with Crippen molar-refractivity contribution in [1.82, 2.24) is 15.5 Å². The van der Waals surface area contributed by atoms with Gasteiger partial charge in [0.05, 0.1) is 0 Å². The first kappa shape index (κ1) is 23.5. The van der Waals surface area contributed by atoms with Crippen LogP contribution in [0.25, 0.3) is 0 Å². The average molecular weight is 480 g/mol. The molecule has 0 aromatic rings. The highest BCUT2D eigenvalue weighted by atomic mass is 127. The van der Waals surface area contributed by atoms with E-state index < -0.39 is 0 Å². The van der Waals surface area contributed by atoms with Crippen molar-refractivity contribution in [2.75, 3.05) is 46.9 Å². The lowest BCUT2D eigenvalue weighted by Crippen LogP contribution is -2.44. The second-order valence-electron chi connectivity index (χ2n) is 7.37. The molecule has 0 bridgehead atoms. The number of amides is 1. The number of carbonyl (C=O) groups is 1. The lowest BCUT2D eigenvalue weighted by molar-refractivity contribution is -0.125. The zero-order valence-corrected chi connectivity index (χ0v) is 18.8. The molecule has 7 heteroatoms. The average Bonchev–Trinajstić information content (AvgIpc) is 2.67. The molecule has 1 amide bonds. The van der Waals surface area contributed by atoms with Gasteiger partial charge in [-0.2, -0.15) is 0 Å². The lowest BCUT2D eigenvalue weighted by atomic mass is 9.89. The van der Waals surface area contributed by atoms with Gasteiger partial charge in [-0.3, -0.25) is 9.79 Å². The van der Waals surface area contributed by atoms with E-state index >= 15 is 0 Å². The van der Waals surface area contributed by atoms with Gasteiger partial charge in [0.15, 0.2) is 5.96 Å². The van der Waals surface area contributed by atoms with E-state index in [9.17, 15) is 4.79 Å². The predicted octanol–water partition coefficient (Wildman–Crippen LogP) is 2.62. The normalized spacial score (nSPS) is 19.5. The van der Waals surface area contributed by atoms with E-state index in [1.165, 1.54) is 38.5 Å². The Bertz CT molecular complexity index is 422. The molecule has 0 radical (unpaired) electrons. The maximum absolute atomic E-state index is 12.1. The minimum Gasteiger partial charge on any atom is -0.381 e. The van der Waals surface area contributed by atoms with Gasteiger partial charge in [-0.25, -0.2) is 0 Å². The quantitative estimate of drug-likeness (QED) is 0.255. The van der Waals surface area contributed by atoms with E-state index in [4.69, 9.17) is 4.74 Å². The largest absolute Gasteiger partial charge is 0.381 e. The van der Waals surface area contributed by atoms with Crippen LogP contribution in [-0.2, 0) is 9.53 Å². The summed E-state index contributed by atoms with van der Waals surface area (Å²) in [4.78, 5) is 18.7. The number of rotatable bonds is 7. The Morgan fingerprint density at radius 3 is 2.38 bits per heavy atom. The van der Waals surface area contributed by atoms with Gasteiger partial charge in [0.2, 0.25) is 5.91 Å². The maximum Gasteiger partial charge on any atom is 0.223 e. The molecule has 1 saturated heterocycles. The lowest BCUT2D eigenvalue weighted by Gasteiger charge is -2.27. The second-order valence-corrected chi connectivity index (χ2v) is 7.37. The van der Waals surface area contributed by atoms with Crippen LogP contribution in [0.15, 0.2) is 4.99 Å². The molecule has 1 saturated carbocycles. The molecule has 2 fully saturated rings. The molecular weight excluding hydrogens is 443 g/mol. The van der Waals surface area contributed by atoms with Gasteiger partial charge < -0.3 is 20.3 Å². The van der Waals surface area contributed by atoms with Crippen LogP contribution in [0.1, 0.15) is 51.4 Å². The highest BCUT2D eigenvalue weighted by Gasteiger charge is 2.20. The van der Waals surface area contributed by atoms with Gasteiger partial charge in [0, 0.05) is 52.9 Å². The summed E-state index contributed by atoms with van der Waals surface area (Å²) in [5, 5.41) is 6.42. The third-order valence-corrected chi connectivity index (χ3v) is 5.47. The molecular formula is C19H37IN4O2. The topological polar surface area (TPSA) is 66.0 Å². The van der Waals surface area contributed by atoms with Crippen LogP contribution in [0.5, 0.6) is 0 Å². The van der Waals surface area contributed by atoms with E-state index in [1.54, 1.807) is 0 Å². The Morgan fingerprint density at radius 1 is 1.08 bits per heavy atom. The summed E-state index contributed by atoms with van der Waals surface area (Å²) in [5.41, 5.74) is 0. The Labute approximate surface area is 175 Å². The molecule has 6 nitrogen and oxygen atoms in total. The minimum atomic E-state index is 0. The summed E-state index contributed by atoms with van der Waals surface area (Å²) in [6.07, 6.45) is 9.30. The van der Waals surface area contributed by atoms with Gasteiger partial charge in [-0.15, -0.1) is 24.0 Å². The van der Waals surface area contributed by atoms with Crippen LogP contribution in [0.3, 0.4) is 0 Å². The molecule has 1 heterocycles. The molecule has 0 aromatic heterocycles. The fraction of sp³-hybridized carbons (Fsp3) is 0.895. The fourth-order valence-electron chi connectivity index (χ4n) is 3.77. The minimum absolute atomic E-state index is 0. The van der Waals surface area contributed by atoms with Crippen molar-refractivity contribution < 1.29 is 9.53 Å². The molecule has 2 rings (SSSR count). The summed E-state index contributed by atoms with van der Waals surface area (Å²) >= 11 is 0. The highest BCUT2D eigenvalue weighted by molar-refractivity contribution is 14.0. The van der Waals surface area contributed by atoms with Crippen LogP contribution in [0.4, 0.5) is 0 Å². The van der Waals surface area contributed by atoms with Crippen molar-refractivity contribution in [3.8, 4) is 0 Å². The molecule has 0 atom stereocenters. The Kier molecular flexibility index (Phi) is 12.3. The first-order valence-electron chi connectivity index (χ1n) is 9.98. The zero-order valence-electron chi connectivity index (χ0n) is 16.5. The molecule has 1 aliphatic heterocycles. The van der Waals surface area contributed by atoms with Crippen molar-refractivity contribution in [2.45, 2.75) is 51.4 Å². The van der Waals surface area contributed by atoms with Gasteiger partial charge in [0.1, 0.15) is 0 Å². The van der Waals surface area contributed by atoms with Crippen molar-refractivity contribution >= 4 is 35.8 Å². The Balaban J connectivity index is 0.00000338. The molecule has 0 spiro atoms. The second kappa shape index (κ2) is 13.6. The molecule has 0 aromatic carbocycles. The number of aliphatic imine (C=N–C) groups is 1. The number of hydrogen-bond acceptors (Lipinski definition) is 3. The number of halogens is 1. The van der Waals surface area contributed by atoms with Gasteiger partial charge in [-0.05, 0) is 38.0 Å². The Hall–Kier alpha value is -0.570. The summed E-state index contributed by atoms with van der Waals surface area (Å²) < 4.78 is 5.42. The molecule has 2 N–H and O–H groups in total. The predicted molar refractivity (Wildman–Crippen MR) is 117 cm³/mol. The van der Waals surface area contributed by atoms with Crippen LogP contribution in [0.2, 0.25) is 0 Å². The zero-order chi connectivity index (χ0) is 17.9. The van der Waals surface area contributed by atoms with Crippen molar-refractivity contribution in [3.05, 3.63) is 0 Å². The number of hydrogen-bond donors (Lipinski definition) is 2. The van der Waals surface area contributed by atoms with Crippen molar-refractivity contribution in [3.63, 3.8) is 0 Å². The van der Waals surface area contributed by atoms with E-state index in [2.05, 4.69) is 27.6 Å². The molecule has 2 aliphatic rings. The van der Waals surface area contributed by atoms with E-state index in [-0.39, 0.29) is 35.8 Å². The monoisotopic (exact) mass is 480 g/mol. The number of carbonyl (C=O) groups excluding carboxylic acids is 1.